The number of ether oxygens (including phenoxy) is 2. The standard InChI is InChI=1S/C41H62N6O8/c1-8-42-33(39(52)44-27-37(50)46-34(25-31-13-10-9-11-14-31)40(53)43-26-35(48)29(2)3)21-22-38(51)47(6)23-24-55-41(4,5)28-45-36(49)16-12-15-30-17-19-32(54-7)20-18-30/h9-11,13-14,17-20,29,33-34,42H,8,12,15-16,21-28H2,1-7H3,(H,43,53)(H,44,52)(H,45,49)(H,46,50). The van der Waals surface area contributed by atoms with Crippen molar-refractivity contribution < 1.29 is 38.2 Å². The average Bonchev–Trinajstić information content (AvgIpc) is 3.16. The lowest BCUT2D eigenvalue weighted by Crippen LogP contribution is -2.53. The molecule has 0 saturated heterocycles. The number of likely N-dealkylation sites (N-methyl/N-ethyl adjacent to an activating group) is 2. The van der Waals surface area contributed by atoms with Crippen LogP contribution in [-0.4, -0.2) is 111 Å². The average molecular weight is 767 g/mol. The van der Waals surface area contributed by atoms with Crippen molar-refractivity contribution in [1.29, 1.82) is 0 Å². The minimum absolute atomic E-state index is 0.0525. The van der Waals surface area contributed by atoms with E-state index in [4.69, 9.17) is 9.47 Å². The zero-order chi connectivity index (χ0) is 40.8. The first kappa shape index (κ1) is 46.3. The zero-order valence-corrected chi connectivity index (χ0v) is 33.6. The molecule has 0 heterocycles. The molecule has 2 unspecified atom stereocenters. The first-order valence-corrected chi connectivity index (χ1v) is 19.1. The maximum atomic E-state index is 13.1. The van der Waals surface area contributed by atoms with Crippen molar-refractivity contribution in [1.82, 2.24) is 31.5 Å². The number of carbonyl (C=O) groups is 6. The molecule has 2 aromatic rings. The van der Waals surface area contributed by atoms with Gasteiger partial charge >= 0.3 is 0 Å². The van der Waals surface area contributed by atoms with E-state index in [1.54, 1.807) is 28.0 Å². The summed E-state index contributed by atoms with van der Waals surface area (Å²) < 4.78 is 11.2. The van der Waals surface area contributed by atoms with Gasteiger partial charge in [-0.05, 0) is 62.9 Å². The molecule has 304 valence electrons. The van der Waals surface area contributed by atoms with Crippen LogP contribution >= 0.6 is 0 Å². The van der Waals surface area contributed by atoms with Gasteiger partial charge in [-0.1, -0.05) is 63.2 Å². The zero-order valence-electron chi connectivity index (χ0n) is 33.6. The molecule has 5 amide bonds. The Kier molecular flexibility index (Phi) is 20.7. The summed E-state index contributed by atoms with van der Waals surface area (Å²) in [6.45, 7) is 9.91. The van der Waals surface area contributed by atoms with Gasteiger partial charge in [0.1, 0.15) is 11.8 Å². The van der Waals surface area contributed by atoms with Gasteiger partial charge in [-0.15, -0.1) is 0 Å². The second-order valence-electron chi connectivity index (χ2n) is 14.4. The van der Waals surface area contributed by atoms with Crippen LogP contribution in [0.25, 0.3) is 0 Å². The third-order valence-corrected chi connectivity index (χ3v) is 8.94. The Bertz CT molecular complexity index is 1520. The molecule has 0 spiro atoms. The third-order valence-electron chi connectivity index (χ3n) is 8.94. The molecule has 0 bridgehead atoms. The molecule has 0 fully saturated rings. The molecule has 5 N–H and O–H groups in total. The second kappa shape index (κ2) is 24.6. The van der Waals surface area contributed by atoms with E-state index >= 15 is 0 Å². The summed E-state index contributed by atoms with van der Waals surface area (Å²) in [6, 6.07) is 15.3. The van der Waals surface area contributed by atoms with Crippen molar-refractivity contribution in [3.63, 3.8) is 0 Å². The van der Waals surface area contributed by atoms with E-state index in [1.807, 2.05) is 75.4 Å². The number of carbonyl (C=O) groups excluding carboxylic acids is 6. The maximum Gasteiger partial charge on any atom is 0.243 e. The number of nitrogens with zero attached hydrogens (tertiary/aromatic N) is 1. The fourth-order valence-electron chi connectivity index (χ4n) is 5.41. The first-order valence-electron chi connectivity index (χ1n) is 19.1. The molecule has 0 radical (unpaired) electrons. The number of nitrogens with one attached hydrogen (secondary N) is 5. The van der Waals surface area contributed by atoms with E-state index in [0.717, 1.165) is 29.7 Å². The molecule has 14 heteroatoms. The summed E-state index contributed by atoms with van der Waals surface area (Å²) in [5.74, 6) is -1.33. The predicted molar refractivity (Wildman–Crippen MR) is 211 cm³/mol. The molecule has 2 aromatic carbocycles. The van der Waals surface area contributed by atoms with Crippen LogP contribution in [0.5, 0.6) is 5.75 Å². The van der Waals surface area contributed by atoms with Crippen LogP contribution in [0.4, 0.5) is 0 Å². The van der Waals surface area contributed by atoms with Crippen molar-refractivity contribution >= 4 is 35.3 Å². The Morgan fingerprint density at radius 2 is 1.45 bits per heavy atom. The van der Waals surface area contributed by atoms with Gasteiger partial charge < -0.3 is 41.0 Å². The number of rotatable bonds is 26. The Hall–Kier alpha value is -4.82. The normalized spacial score (nSPS) is 12.3. The Morgan fingerprint density at radius 3 is 2.09 bits per heavy atom. The van der Waals surface area contributed by atoms with Crippen LogP contribution in [0, 0.1) is 5.92 Å². The molecule has 2 atom stereocenters. The van der Waals surface area contributed by atoms with E-state index in [-0.39, 0.29) is 62.5 Å². The molecule has 0 saturated carbocycles. The topological polar surface area (TPSA) is 184 Å². The molecule has 14 nitrogen and oxygen atoms in total. The van der Waals surface area contributed by atoms with Crippen molar-refractivity contribution in [3.8, 4) is 5.75 Å². The van der Waals surface area contributed by atoms with Gasteiger partial charge in [-0.2, -0.15) is 0 Å². The molecule has 0 aliphatic carbocycles. The second-order valence-corrected chi connectivity index (χ2v) is 14.4. The van der Waals surface area contributed by atoms with Gasteiger partial charge in [0.05, 0.1) is 38.4 Å². The van der Waals surface area contributed by atoms with Crippen LogP contribution < -0.4 is 31.3 Å². The maximum absolute atomic E-state index is 13.1. The van der Waals surface area contributed by atoms with Crippen molar-refractivity contribution in [2.24, 2.45) is 5.92 Å². The number of hydrogen-bond acceptors (Lipinski definition) is 9. The SMILES string of the molecule is CCNC(CCC(=O)N(C)CCOC(C)(C)CNC(=O)CCCc1ccc(OC)cc1)C(=O)NCC(=O)NC(Cc1ccccc1)C(=O)NCC(=O)C(C)C. The number of ketones is 1. The number of hydrogen-bond donors (Lipinski definition) is 5. The highest BCUT2D eigenvalue weighted by atomic mass is 16.5. The lowest BCUT2D eigenvalue weighted by atomic mass is 10.0. The highest BCUT2D eigenvalue weighted by molar-refractivity contribution is 5.93. The number of amides is 5. The largest absolute Gasteiger partial charge is 0.497 e. The lowest BCUT2D eigenvalue weighted by Gasteiger charge is -2.27. The van der Waals surface area contributed by atoms with Crippen LogP contribution in [-0.2, 0) is 46.3 Å². The molecule has 0 aliphatic rings. The number of benzene rings is 2. The van der Waals surface area contributed by atoms with Gasteiger partial charge in [0.2, 0.25) is 29.5 Å². The van der Waals surface area contributed by atoms with Gasteiger partial charge in [-0.3, -0.25) is 28.8 Å². The van der Waals surface area contributed by atoms with E-state index < -0.39 is 35.4 Å². The molecular formula is C41H62N6O8. The summed E-state index contributed by atoms with van der Waals surface area (Å²) in [7, 11) is 3.29. The Labute approximate surface area is 326 Å². The smallest absolute Gasteiger partial charge is 0.243 e. The molecule has 0 aromatic heterocycles. The van der Waals surface area contributed by atoms with E-state index in [1.165, 1.54) is 4.90 Å². The third kappa shape index (κ3) is 18.9. The molecule has 0 aliphatic heterocycles. The van der Waals surface area contributed by atoms with Gasteiger partial charge in [0.15, 0.2) is 5.78 Å². The molecule has 2 rings (SSSR count). The summed E-state index contributed by atoms with van der Waals surface area (Å²) in [5.41, 5.74) is 1.31. The number of Topliss-reactive ketones (excluding diaryl/α,β-unsaturated/α-hetero) is 1. The Morgan fingerprint density at radius 1 is 0.800 bits per heavy atom. The highest BCUT2D eigenvalue weighted by Crippen LogP contribution is 2.14. The fraction of sp³-hybridized carbons (Fsp3) is 0.561. The van der Waals surface area contributed by atoms with E-state index in [0.29, 0.717) is 26.1 Å². The lowest BCUT2D eigenvalue weighted by molar-refractivity contribution is -0.132. The minimum Gasteiger partial charge on any atom is -0.497 e. The summed E-state index contributed by atoms with van der Waals surface area (Å²) in [4.78, 5) is 77.9. The monoisotopic (exact) mass is 766 g/mol. The fourth-order valence-corrected chi connectivity index (χ4v) is 5.41. The highest BCUT2D eigenvalue weighted by Gasteiger charge is 2.25. The van der Waals surface area contributed by atoms with E-state index in [9.17, 15) is 28.8 Å². The molecule has 55 heavy (non-hydrogen) atoms. The predicted octanol–water partition coefficient (Wildman–Crippen LogP) is 2.33. The number of methoxy groups -OCH3 is 1. The van der Waals surface area contributed by atoms with Crippen LogP contribution in [0.2, 0.25) is 0 Å². The van der Waals surface area contributed by atoms with Gasteiger partial charge in [-0.25, -0.2) is 0 Å². The summed E-state index contributed by atoms with van der Waals surface area (Å²) in [5, 5.41) is 13.9. The quantitative estimate of drug-likeness (QED) is 0.0960. The van der Waals surface area contributed by atoms with Gasteiger partial charge in [0.25, 0.3) is 0 Å². The van der Waals surface area contributed by atoms with Gasteiger partial charge in [0, 0.05) is 45.3 Å². The van der Waals surface area contributed by atoms with Crippen molar-refractivity contribution in [2.45, 2.75) is 90.8 Å². The summed E-state index contributed by atoms with van der Waals surface area (Å²) in [6.07, 6.45) is 2.38. The Balaban J connectivity index is 1.76. The van der Waals surface area contributed by atoms with Crippen LogP contribution in [0.15, 0.2) is 54.6 Å². The van der Waals surface area contributed by atoms with Crippen LogP contribution in [0.3, 0.4) is 0 Å². The van der Waals surface area contributed by atoms with Crippen molar-refractivity contribution in [3.05, 3.63) is 65.7 Å². The summed E-state index contributed by atoms with van der Waals surface area (Å²) >= 11 is 0. The molecular weight excluding hydrogens is 704 g/mol. The minimum atomic E-state index is -0.959. The van der Waals surface area contributed by atoms with Crippen LogP contribution in [0.1, 0.15) is 71.4 Å². The van der Waals surface area contributed by atoms with Crippen molar-refractivity contribution in [2.75, 3.05) is 53.5 Å². The number of aryl methyl sites for hydroxylation is 1. The first-order chi connectivity index (χ1) is 26.1. The van der Waals surface area contributed by atoms with E-state index in [2.05, 4.69) is 26.6 Å².